The van der Waals surface area contributed by atoms with Crippen LogP contribution >= 0.6 is 0 Å². The number of oxime groups is 1. The first kappa shape index (κ1) is 14.3. The van der Waals surface area contributed by atoms with Gasteiger partial charge in [0.25, 0.3) is 0 Å². The van der Waals surface area contributed by atoms with Crippen LogP contribution in [0.3, 0.4) is 0 Å². The summed E-state index contributed by atoms with van der Waals surface area (Å²) in [7, 11) is 0. The second-order valence-corrected chi connectivity index (χ2v) is 5.27. The third-order valence-electron chi connectivity index (χ3n) is 3.28. The fourth-order valence-electron chi connectivity index (χ4n) is 2.20. The van der Waals surface area contributed by atoms with Crippen LogP contribution in [0.15, 0.2) is 5.16 Å². The Morgan fingerprint density at radius 3 is 2.76 bits per heavy atom. The Morgan fingerprint density at radius 1 is 1.59 bits per heavy atom. The van der Waals surface area contributed by atoms with Crippen LogP contribution < -0.4 is 5.73 Å². The molecule has 17 heavy (non-hydrogen) atoms. The van der Waals surface area contributed by atoms with Crippen LogP contribution in [-0.4, -0.2) is 47.3 Å². The Kier molecular flexibility index (Phi) is 5.21. The molecule has 1 unspecified atom stereocenters. The molecule has 3 N–H and O–H groups in total. The van der Waals surface area contributed by atoms with E-state index in [2.05, 4.69) is 30.8 Å². The molecule has 1 heterocycles. The summed E-state index contributed by atoms with van der Waals surface area (Å²) in [5.41, 5.74) is 5.49. The topological polar surface area (TPSA) is 71.1 Å². The van der Waals surface area contributed by atoms with Gasteiger partial charge < -0.3 is 20.6 Å². The second kappa shape index (κ2) is 6.21. The highest BCUT2D eigenvalue weighted by Gasteiger charge is 2.32. The molecule has 0 aliphatic carbocycles. The number of rotatable bonds is 6. The van der Waals surface area contributed by atoms with Crippen molar-refractivity contribution in [2.75, 3.05) is 19.6 Å². The highest BCUT2D eigenvalue weighted by Crippen LogP contribution is 2.29. The van der Waals surface area contributed by atoms with Gasteiger partial charge in [0.1, 0.15) is 5.84 Å². The van der Waals surface area contributed by atoms with E-state index in [9.17, 15) is 0 Å². The Bertz CT molecular complexity index is 266. The lowest BCUT2D eigenvalue weighted by Crippen LogP contribution is -2.35. The second-order valence-electron chi connectivity index (χ2n) is 5.27. The number of nitrogens with two attached hydrogens (primary N) is 1. The van der Waals surface area contributed by atoms with E-state index in [1.54, 1.807) is 0 Å². The van der Waals surface area contributed by atoms with Gasteiger partial charge >= 0.3 is 0 Å². The van der Waals surface area contributed by atoms with Gasteiger partial charge in [0.2, 0.25) is 0 Å². The summed E-state index contributed by atoms with van der Waals surface area (Å²) in [5.74, 6) is 0.288. The summed E-state index contributed by atoms with van der Waals surface area (Å²) < 4.78 is 5.96. The van der Waals surface area contributed by atoms with Gasteiger partial charge in [0, 0.05) is 19.5 Å². The van der Waals surface area contributed by atoms with Gasteiger partial charge in [-0.15, -0.1) is 0 Å². The molecule has 0 saturated carbocycles. The van der Waals surface area contributed by atoms with Crippen LogP contribution in [0.25, 0.3) is 0 Å². The maximum absolute atomic E-state index is 8.49. The van der Waals surface area contributed by atoms with E-state index in [4.69, 9.17) is 15.7 Å². The Hall–Kier alpha value is -0.810. The predicted octanol–water partition coefficient (Wildman–Crippen LogP) is 1.40. The van der Waals surface area contributed by atoms with E-state index in [1.165, 1.54) is 0 Å². The van der Waals surface area contributed by atoms with Gasteiger partial charge in [-0.1, -0.05) is 12.1 Å². The van der Waals surface area contributed by atoms with Crippen molar-refractivity contribution >= 4 is 5.84 Å². The first-order valence-corrected chi connectivity index (χ1v) is 6.33. The molecule has 0 bridgehead atoms. The third kappa shape index (κ3) is 4.91. The van der Waals surface area contributed by atoms with Crippen molar-refractivity contribution in [3.8, 4) is 0 Å². The van der Waals surface area contributed by atoms with Crippen molar-refractivity contribution in [3.63, 3.8) is 0 Å². The number of amidine groups is 1. The molecule has 100 valence electrons. The summed E-state index contributed by atoms with van der Waals surface area (Å²) >= 11 is 0. The molecule has 0 aromatic heterocycles. The maximum Gasteiger partial charge on any atom is 0.140 e. The minimum atomic E-state index is 0.0235. The van der Waals surface area contributed by atoms with Gasteiger partial charge in [0.15, 0.2) is 0 Å². The van der Waals surface area contributed by atoms with Crippen molar-refractivity contribution < 1.29 is 9.94 Å². The number of hydrogen-bond acceptors (Lipinski definition) is 4. The number of nitrogens with zero attached hydrogens (tertiary/aromatic N) is 2. The largest absolute Gasteiger partial charge is 0.409 e. The van der Waals surface area contributed by atoms with Crippen LogP contribution in [-0.2, 0) is 4.74 Å². The minimum absolute atomic E-state index is 0.0235. The van der Waals surface area contributed by atoms with Crippen molar-refractivity contribution in [1.29, 1.82) is 0 Å². The zero-order chi connectivity index (χ0) is 12.9. The van der Waals surface area contributed by atoms with E-state index in [-0.39, 0.29) is 11.4 Å². The minimum Gasteiger partial charge on any atom is -0.409 e. The van der Waals surface area contributed by atoms with Crippen molar-refractivity contribution in [2.45, 2.75) is 51.7 Å². The average molecular weight is 243 g/mol. The molecule has 0 spiro atoms. The van der Waals surface area contributed by atoms with Crippen molar-refractivity contribution in [2.24, 2.45) is 10.9 Å². The van der Waals surface area contributed by atoms with Crippen LogP contribution in [0, 0.1) is 0 Å². The molecule has 1 rings (SSSR count). The normalized spacial score (nSPS) is 24.5. The number of ether oxygens (including phenoxy) is 1. The highest BCUT2D eigenvalue weighted by atomic mass is 16.5. The summed E-state index contributed by atoms with van der Waals surface area (Å²) in [5, 5.41) is 11.5. The molecule has 0 aromatic carbocycles. The molecule has 1 fully saturated rings. The molecule has 1 saturated heterocycles. The first-order chi connectivity index (χ1) is 7.96. The Balaban J connectivity index is 2.32. The molecule has 1 aliphatic rings. The van der Waals surface area contributed by atoms with Crippen LogP contribution in [0.1, 0.15) is 40.0 Å². The fraction of sp³-hybridized carbons (Fsp3) is 0.917. The molecule has 5 heteroatoms. The number of hydrogen-bond donors (Lipinski definition) is 2. The zero-order valence-corrected chi connectivity index (χ0v) is 11.1. The Morgan fingerprint density at radius 2 is 2.29 bits per heavy atom. The molecular weight excluding hydrogens is 218 g/mol. The van der Waals surface area contributed by atoms with Gasteiger partial charge in [-0.05, 0) is 33.2 Å². The van der Waals surface area contributed by atoms with E-state index < -0.39 is 0 Å². The van der Waals surface area contributed by atoms with E-state index in [0.29, 0.717) is 12.5 Å². The number of likely N-dealkylation sites (N-methyl/N-ethyl adjacent to an activating group) is 1. The third-order valence-corrected chi connectivity index (χ3v) is 3.28. The van der Waals surface area contributed by atoms with Crippen molar-refractivity contribution in [3.05, 3.63) is 0 Å². The lowest BCUT2D eigenvalue weighted by atomic mass is 10.1. The standard InChI is InChI=1S/C12H25N3O2/c1-4-15(8-6-11(13)14-16)9-10-5-7-12(2,3)17-10/h10,16H,4-9H2,1-3H3,(H2,13,14). The highest BCUT2D eigenvalue weighted by molar-refractivity contribution is 5.79. The molecule has 0 amide bonds. The summed E-state index contributed by atoms with van der Waals surface area (Å²) in [4.78, 5) is 2.28. The smallest absolute Gasteiger partial charge is 0.140 e. The van der Waals surface area contributed by atoms with Crippen LogP contribution in [0.2, 0.25) is 0 Å². The summed E-state index contributed by atoms with van der Waals surface area (Å²) in [6.45, 7) is 9.09. The van der Waals surface area contributed by atoms with Gasteiger partial charge in [-0.3, -0.25) is 0 Å². The first-order valence-electron chi connectivity index (χ1n) is 6.33. The summed E-state index contributed by atoms with van der Waals surface area (Å²) in [6.07, 6.45) is 3.15. The Labute approximate surface area is 104 Å². The van der Waals surface area contributed by atoms with Gasteiger partial charge in [-0.2, -0.15) is 0 Å². The molecule has 1 atom stereocenters. The molecular formula is C12H25N3O2. The van der Waals surface area contributed by atoms with E-state index >= 15 is 0 Å². The SMILES string of the molecule is CCN(CCC(N)=NO)CC1CCC(C)(C)O1. The van der Waals surface area contributed by atoms with E-state index in [0.717, 1.165) is 32.5 Å². The van der Waals surface area contributed by atoms with Gasteiger partial charge in [0.05, 0.1) is 11.7 Å². The quantitative estimate of drug-likeness (QED) is 0.320. The van der Waals surface area contributed by atoms with E-state index in [1.807, 2.05) is 0 Å². The summed E-state index contributed by atoms with van der Waals surface area (Å²) in [6, 6.07) is 0. The lowest BCUT2D eigenvalue weighted by Gasteiger charge is -2.25. The maximum atomic E-state index is 8.49. The van der Waals surface area contributed by atoms with Crippen LogP contribution in [0.4, 0.5) is 0 Å². The molecule has 1 aliphatic heterocycles. The predicted molar refractivity (Wildman–Crippen MR) is 68.3 cm³/mol. The zero-order valence-electron chi connectivity index (χ0n) is 11.1. The average Bonchev–Trinajstić information content (AvgIpc) is 2.63. The molecule has 0 aromatic rings. The monoisotopic (exact) mass is 243 g/mol. The molecule has 5 nitrogen and oxygen atoms in total. The lowest BCUT2D eigenvalue weighted by molar-refractivity contribution is -0.0278. The van der Waals surface area contributed by atoms with Gasteiger partial charge in [-0.25, -0.2) is 0 Å². The molecule has 0 radical (unpaired) electrons. The van der Waals surface area contributed by atoms with Crippen LogP contribution in [0.5, 0.6) is 0 Å². The van der Waals surface area contributed by atoms with Crippen molar-refractivity contribution in [1.82, 2.24) is 4.90 Å². The fourth-order valence-corrected chi connectivity index (χ4v) is 2.20.